The number of halogens is 1. The summed E-state index contributed by atoms with van der Waals surface area (Å²) >= 11 is 5.88. The van der Waals surface area contributed by atoms with Gasteiger partial charge >= 0.3 is 0 Å². The molecule has 0 saturated carbocycles. The minimum Gasteiger partial charge on any atom is -0.342 e. The molecule has 0 saturated heterocycles. The number of benzene rings is 1. The van der Waals surface area contributed by atoms with E-state index in [1.54, 1.807) is 20.9 Å². The second kappa shape index (κ2) is 7.47. The van der Waals surface area contributed by atoms with Crippen LogP contribution in [0.1, 0.15) is 39.2 Å². The Morgan fingerprint density at radius 3 is 2.09 bits per heavy atom. The van der Waals surface area contributed by atoms with Crippen LogP contribution in [0.25, 0.3) is 0 Å². The zero-order valence-corrected chi connectivity index (χ0v) is 15.3. The molecule has 1 rings (SSSR count). The van der Waals surface area contributed by atoms with Gasteiger partial charge in [0.25, 0.3) is 0 Å². The highest BCUT2D eigenvalue weighted by Crippen LogP contribution is 2.24. The average molecular weight is 346 g/mol. The third-order valence-electron chi connectivity index (χ3n) is 4.17. The molecule has 6 heteroatoms. The number of rotatable bonds is 6. The second-order valence-corrected chi connectivity index (χ2v) is 8.94. The minimum atomic E-state index is -3.38. The Morgan fingerprint density at radius 1 is 1.14 bits per heavy atom. The molecule has 0 aliphatic rings. The summed E-state index contributed by atoms with van der Waals surface area (Å²) in [6.45, 7) is 7.10. The summed E-state index contributed by atoms with van der Waals surface area (Å²) in [6, 6.07) is 7.35. The van der Waals surface area contributed by atoms with E-state index in [0.29, 0.717) is 5.02 Å². The lowest BCUT2D eigenvalue weighted by Gasteiger charge is -2.30. The van der Waals surface area contributed by atoms with Gasteiger partial charge in [-0.2, -0.15) is 0 Å². The summed E-state index contributed by atoms with van der Waals surface area (Å²) < 4.78 is 23.8. The molecule has 0 spiro atoms. The van der Waals surface area contributed by atoms with Crippen LogP contribution < -0.4 is 0 Å². The lowest BCUT2D eigenvalue weighted by molar-refractivity contribution is -0.129. The van der Waals surface area contributed by atoms with Crippen molar-refractivity contribution in [3.05, 3.63) is 34.9 Å². The molecule has 2 atom stereocenters. The van der Waals surface area contributed by atoms with E-state index >= 15 is 0 Å². The molecule has 22 heavy (non-hydrogen) atoms. The molecule has 0 aliphatic carbocycles. The smallest absolute Gasteiger partial charge is 0.237 e. The van der Waals surface area contributed by atoms with Gasteiger partial charge in [0.05, 0.1) is 5.25 Å². The first-order valence-corrected chi connectivity index (χ1v) is 9.38. The fourth-order valence-corrected chi connectivity index (χ4v) is 3.06. The Kier molecular flexibility index (Phi) is 6.44. The maximum Gasteiger partial charge on any atom is 0.237 e. The summed E-state index contributed by atoms with van der Waals surface area (Å²) in [6.07, 6.45) is 0. The summed E-state index contributed by atoms with van der Waals surface area (Å²) in [5.74, 6) is -0.742. The molecule has 1 aromatic carbocycles. The molecular formula is C16H24ClNO3S. The van der Waals surface area contributed by atoms with Gasteiger partial charge in [0.2, 0.25) is 5.91 Å². The van der Waals surface area contributed by atoms with E-state index in [1.807, 2.05) is 38.1 Å². The molecule has 124 valence electrons. The Morgan fingerprint density at radius 2 is 1.64 bits per heavy atom. The monoisotopic (exact) mass is 345 g/mol. The number of hydrogen-bond donors (Lipinski definition) is 0. The highest BCUT2D eigenvalue weighted by Gasteiger charge is 2.27. The van der Waals surface area contributed by atoms with Crippen molar-refractivity contribution >= 4 is 27.3 Å². The minimum absolute atomic E-state index is 0.0768. The van der Waals surface area contributed by atoms with E-state index < -0.39 is 20.8 Å². The van der Waals surface area contributed by atoms with Crippen molar-refractivity contribution in [2.24, 2.45) is 0 Å². The van der Waals surface area contributed by atoms with Crippen LogP contribution in [0.4, 0.5) is 0 Å². The van der Waals surface area contributed by atoms with Crippen molar-refractivity contribution in [2.75, 3.05) is 12.8 Å². The van der Waals surface area contributed by atoms with E-state index in [0.717, 1.165) is 5.56 Å². The highest BCUT2D eigenvalue weighted by atomic mass is 35.5. The predicted octanol–water partition coefficient (Wildman–Crippen LogP) is 3.11. The van der Waals surface area contributed by atoms with Crippen LogP contribution in [-0.4, -0.2) is 43.3 Å². The fourth-order valence-electron chi connectivity index (χ4n) is 2.05. The molecule has 0 fully saturated rings. The molecule has 0 unspecified atom stereocenters. The number of sulfone groups is 1. The molecule has 0 bridgehead atoms. The first kappa shape index (κ1) is 19.0. The van der Waals surface area contributed by atoms with Crippen molar-refractivity contribution < 1.29 is 13.2 Å². The SMILES string of the molecule is CC(C)S(=O)(=O)CC(=O)N(C)[C@H](C)[C@@H](C)c1ccc(Cl)cc1. The molecule has 0 N–H and O–H groups in total. The van der Waals surface area contributed by atoms with E-state index in [1.165, 1.54) is 4.90 Å². The van der Waals surface area contributed by atoms with Crippen molar-refractivity contribution in [1.29, 1.82) is 0 Å². The van der Waals surface area contributed by atoms with Crippen LogP contribution in [0.5, 0.6) is 0 Å². The lowest BCUT2D eigenvalue weighted by Crippen LogP contribution is -2.42. The topological polar surface area (TPSA) is 54.5 Å². The molecule has 1 amide bonds. The zero-order chi connectivity index (χ0) is 17.1. The van der Waals surface area contributed by atoms with E-state index in [2.05, 4.69) is 0 Å². The number of amides is 1. The number of nitrogens with zero attached hydrogens (tertiary/aromatic N) is 1. The van der Waals surface area contributed by atoms with Crippen molar-refractivity contribution in [3.8, 4) is 0 Å². The molecule has 0 radical (unpaired) electrons. The van der Waals surface area contributed by atoms with Gasteiger partial charge in [-0.05, 0) is 38.5 Å². The maximum atomic E-state index is 12.2. The molecule has 4 nitrogen and oxygen atoms in total. The molecular weight excluding hydrogens is 322 g/mol. The van der Waals surface area contributed by atoms with E-state index in [4.69, 9.17) is 11.6 Å². The Bertz CT molecular complexity index is 611. The molecule has 0 aromatic heterocycles. The largest absolute Gasteiger partial charge is 0.342 e. The number of hydrogen-bond acceptors (Lipinski definition) is 3. The normalized spacial score (nSPS) is 14.7. The van der Waals surface area contributed by atoms with Gasteiger partial charge in [-0.15, -0.1) is 0 Å². The maximum absolute atomic E-state index is 12.2. The van der Waals surface area contributed by atoms with Crippen LogP contribution in [-0.2, 0) is 14.6 Å². The number of carbonyl (C=O) groups is 1. The fraction of sp³-hybridized carbons (Fsp3) is 0.562. The van der Waals surface area contributed by atoms with Gasteiger partial charge in [-0.3, -0.25) is 4.79 Å². The summed E-state index contributed by atoms with van der Waals surface area (Å²) in [4.78, 5) is 13.7. The predicted molar refractivity (Wildman–Crippen MR) is 91.0 cm³/mol. The molecule has 1 aromatic rings. The zero-order valence-electron chi connectivity index (χ0n) is 13.7. The van der Waals surface area contributed by atoms with Crippen molar-refractivity contribution in [3.63, 3.8) is 0 Å². The first-order chi connectivity index (χ1) is 10.1. The first-order valence-electron chi connectivity index (χ1n) is 7.29. The van der Waals surface area contributed by atoms with Crippen LogP contribution in [0.2, 0.25) is 5.02 Å². The second-order valence-electron chi connectivity index (χ2n) is 5.94. The standard InChI is InChI=1S/C16H24ClNO3S/c1-11(2)22(20,21)10-16(19)18(5)13(4)12(3)14-6-8-15(17)9-7-14/h6-9,11-13H,10H2,1-5H3/t12-,13-/m1/s1. The van der Waals surface area contributed by atoms with Crippen LogP contribution in [0, 0.1) is 0 Å². The van der Waals surface area contributed by atoms with Crippen LogP contribution >= 0.6 is 11.6 Å². The Labute approximate surface area is 138 Å². The third-order valence-corrected chi connectivity index (χ3v) is 6.50. The summed E-state index contributed by atoms with van der Waals surface area (Å²) in [7, 11) is -1.73. The molecule has 0 aliphatic heterocycles. The van der Waals surface area contributed by atoms with Gasteiger partial charge in [0, 0.05) is 24.0 Å². The van der Waals surface area contributed by atoms with Crippen LogP contribution in [0.3, 0.4) is 0 Å². The average Bonchev–Trinajstić information content (AvgIpc) is 2.45. The highest BCUT2D eigenvalue weighted by molar-refractivity contribution is 7.92. The van der Waals surface area contributed by atoms with Gasteiger partial charge < -0.3 is 4.90 Å². The Hall–Kier alpha value is -1.07. The van der Waals surface area contributed by atoms with Gasteiger partial charge in [-0.1, -0.05) is 30.7 Å². The van der Waals surface area contributed by atoms with E-state index in [9.17, 15) is 13.2 Å². The van der Waals surface area contributed by atoms with E-state index in [-0.39, 0.29) is 17.9 Å². The quantitative estimate of drug-likeness (QED) is 0.796. The molecule has 0 heterocycles. The van der Waals surface area contributed by atoms with Gasteiger partial charge in [0.1, 0.15) is 5.75 Å². The Balaban J connectivity index is 2.81. The van der Waals surface area contributed by atoms with Crippen molar-refractivity contribution in [1.82, 2.24) is 4.90 Å². The summed E-state index contributed by atoms with van der Waals surface area (Å²) in [5.41, 5.74) is 1.06. The van der Waals surface area contributed by atoms with Gasteiger partial charge in [-0.25, -0.2) is 8.42 Å². The summed E-state index contributed by atoms with van der Waals surface area (Å²) in [5, 5.41) is 0.116. The third kappa shape index (κ3) is 4.71. The number of carbonyl (C=O) groups excluding carboxylic acids is 1. The number of likely N-dealkylation sites (N-methyl/N-ethyl adjacent to an activating group) is 1. The van der Waals surface area contributed by atoms with Crippen molar-refractivity contribution in [2.45, 2.75) is 44.9 Å². The van der Waals surface area contributed by atoms with Gasteiger partial charge in [0.15, 0.2) is 9.84 Å². The lowest BCUT2D eigenvalue weighted by atomic mass is 9.93. The van der Waals surface area contributed by atoms with Crippen LogP contribution in [0.15, 0.2) is 24.3 Å².